The number of amides is 1. The third-order valence-electron chi connectivity index (χ3n) is 4.08. The Labute approximate surface area is 138 Å². The summed E-state index contributed by atoms with van der Waals surface area (Å²) in [6, 6.07) is 11.2. The Kier molecular flexibility index (Phi) is 4.07. The topological polar surface area (TPSA) is 102 Å². The zero-order chi connectivity index (χ0) is 17.3. The van der Waals surface area contributed by atoms with E-state index >= 15 is 0 Å². The van der Waals surface area contributed by atoms with Crippen molar-refractivity contribution in [2.45, 2.75) is 18.4 Å². The zero-order valence-corrected chi connectivity index (χ0v) is 12.9. The molecule has 0 unspecified atom stereocenters. The second-order valence-electron chi connectivity index (χ2n) is 5.62. The molecule has 1 aliphatic rings. The maximum absolute atomic E-state index is 12.2. The van der Waals surface area contributed by atoms with E-state index in [4.69, 9.17) is 4.74 Å². The van der Waals surface area contributed by atoms with Crippen LogP contribution in [0.25, 0.3) is 0 Å². The molecular weight excluding hydrogens is 312 g/mol. The van der Waals surface area contributed by atoms with Crippen LogP contribution in [0.2, 0.25) is 0 Å². The maximum atomic E-state index is 12.2. The van der Waals surface area contributed by atoms with E-state index in [1.807, 2.05) is 24.3 Å². The smallest absolute Gasteiger partial charge is 0.310 e. The van der Waals surface area contributed by atoms with Crippen molar-refractivity contribution in [1.82, 2.24) is 5.32 Å². The molecule has 7 heteroatoms. The van der Waals surface area contributed by atoms with E-state index in [0.717, 1.165) is 29.9 Å². The Morgan fingerprint density at radius 2 is 2.08 bits per heavy atom. The molecule has 1 fully saturated rings. The molecule has 0 aliphatic heterocycles. The van der Waals surface area contributed by atoms with Gasteiger partial charge in [-0.2, -0.15) is 0 Å². The van der Waals surface area contributed by atoms with Crippen LogP contribution < -0.4 is 10.1 Å². The number of nitro benzene ring substituents is 1. The van der Waals surface area contributed by atoms with Crippen molar-refractivity contribution in [2.75, 3.05) is 7.11 Å². The van der Waals surface area contributed by atoms with Gasteiger partial charge in [-0.15, -0.1) is 0 Å². The lowest BCUT2D eigenvalue weighted by atomic mass is 10.1. The van der Waals surface area contributed by atoms with Crippen molar-refractivity contribution in [3.63, 3.8) is 0 Å². The highest BCUT2D eigenvalue weighted by atomic mass is 16.6. The molecule has 2 aromatic rings. The molecule has 124 valence electrons. The summed E-state index contributed by atoms with van der Waals surface area (Å²) in [7, 11) is 1.61. The number of carbonyl (C=O) groups excluding carboxylic acids is 1. The molecule has 0 heterocycles. The summed E-state index contributed by atoms with van der Waals surface area (Å²) < 4.78 is 5.33. The molecule has 7 nitrogen and oxygen atoms in total. The second-order valence-corrected chi connectivity index (χ2v) is 5.62. The fourth-order valence-corrected chi connectivity index (χ4v) is 2.74. The van der Waals surface area contributed by atoms with Gasteiger partial charge in [0.25, 0.3) is 5.91 Å². The summed E-state index contributed by atoms with van der Waals surface area (Å²) in [5, 5.41) is 23.2. The van der Waals surface area contributed by atoms with E-state index in [1.165, 1.54) is 6.07 Å². The number of ether oxygens (including phenoxy) is 1. The predicted molar refractivity (Wildman–Crippen MR) is 86.4 cm³/mol. The standard InChI is InChI=1S/C17H16N2O5/c1-24-16-5-3-2-4-11(16)12-9-13(12)18-17(21)10-6-7-14(19(22)23)15(20)8-10/h2-8,12-13,20H,9H2,1H3,(H,18,21)/t12-,13-/m0/s1. The van der Waals surface area contributed by atoms with Crippen molar-refractivity contribution in [3.05, 3.63) is 63.7 Å². The number of methoxy groups -OCH3 is 1. The van der Waals surface area contributed by atoms with E-state index in [0.29, 0.717) is 0 Å². The number of nitrogens with zero attached hydrogens (tertiary/aromatic N) is 1. The molecule has 1 amide bonds. The average Bonchev–Trinajstić information content (AvgIpc) is 3.33. The third kappa shape index (κ3) is 3.01. The molecule has 2 atom stereocenters. The Bertz CT molecular complexity index is 805. The van der Waals surface area contributed by atoms with Crippen LogP contribution >= 0.6 is 0 Å². The van der Waals surface area contributed by atoms with Gasteiger partial charge in [0.15, 0.2) is 5.75 Å². The van der Waals surface area contributed by atoms with Gasteiger partial charge >= 0.3 is 5.69 Å². The number of phenols is 1. The quantitative estimate of drug-likeness (QED) is 0.649. The molecule has 0 spiro atoms. The largest absolute Gasteiger partial charge is 0.502 e. The first-order valence-electron chi connectivity index (χ1n) is 7.42. The van der Waals surface area contributed by atoms with Crippen LogP contribution in [-0.2, 0) is 0 Å². The summed E-state index contributed by atoms with van der Waals surface area (Å²) in [6.07, 6.45) is 0.797. The third-order valence-corrected chi connectivity index (χ3v) is 4.08. The molecule has 1 saturated carbocycles. The number of para-hydroxylation sites is 1. The van der Waals surface area contributed by atoms with Crippen LogP contribution in [0, 0.1) is 10.1 Å². The van der Waals surface area contributed by atoms with Crippen LogP contribution in [0.15, 0.2) is 42.5 Å². The van der Waals surface area contributed by atoms with E-state index in [1.54, 1.807) is 7.11 Å². The van der Waals surface area contributed by atoms with Crippen LogP contribution in [-0.4, -0.2) is 29.1 Å². The van der Waals surface area contributed by atoms with Crippen LogP contribution in [0.3, 0.4) is 0 Å². The first kappa shape index (κ1) is 15.8. The lowest BCUT2D eigenvalue weighted by Crippen LogP contribution is -2.26. The molecular formula is C17H16N2O5. The minimum absolute atomic E-state index is 0.0221. The highest BCUT2D eigenvalue weighted by Gasteiger charge is 2.41. The van der Waals surface area contributed by atoms with E-state index in [2.05, 4.69) is 5.32 Å². The molecule has 3 rings (SSSR count). The van der Waals surface area contributed by atoms with Gasteiger partial charge in [-0.3, -0.25) is 14.9 Å². The lowest BCUT2D eigenvalue weighted by Gasteiger charge is -2.09. The Morgan fingerprint density at radius 1 is 1.33 bits per heavy atom. The summed E-state index contributed by atoms with van der Waals surface area (Å²) >= 11 is 0. The number of hydrogen-bond donors (Lipinski definition) is 2. The fraction of sp³-hybridized carbons (Fsp3) is 0.235. The number of nitrogens with one attached hydrogen (secondary N) is 1. The SMILES string of the molecule is COc1ccccc1[C@@H]1C[C@@H]1NC(=O)c1ccc([N+](=O)[O-])c(O)c1. The van der Waals surface area contributed by atoms with Crippen LogP contribution in [0.4, 0.5) is 5.69 Å². The Morgan fingerprint density at radius 3 is 2.75 bits per heavy atom. The van der Waals surface area contributed by atoms with Crippen LogP contribution in [0.1, 0.15) is 28.3 Å². The van der Waals surface area contributed by atoms with Gasteiger partial charge in [-0.1, -0.05) is 18.2 Å². The second kappa shape index (κ2) is 6.19. The maximum Gasteiger partial charge on any atom is 0.310 e. The van der Waals surface area contributed by atoms with Gasteiger partial charge < -0.3 is 15.2 Å². The Balaban J connectivity index is 1.69. The van der Waals surface area contributed by atoms with Gasteiger partial charge in [-0.25, -0.2) is 0 Å². The van der Waals surface area contributed by atoms with Gasteiger partial charge in [-0.05, 0) is 30.2 Å². The Hall–Kier alpha value is -3.09. The molecule has 0 radical (unpaired) electrons. The van der Waals surface area contributed by atoms with E-state index < -0.39 is 16.4 Å². The minimum Gasteiger partial charge on any atom is -0.502 e. The highest BCUT2D eigenvalue weighted by molar-refractivity contribution is 5.95. The predicted octanol–water partition coefficient (Wildman–Crippen LogP) is 2.59. The normalized spacial score (nSPS) is 18.7. The number of hydrogen-bond acceptors (Lipinski definition) is 5. The van der Waals surface area contributed by atoms with Crippen molar-refractivity contribution in [2.24, 2.45) is 0 Å². The summed E-state index contributed by atoms with van der Waals surface area (Å²) in [5.41, 5.74) is 0.797. The van der Waals surface area contributed by atoms with Gasteiger partial charge in [0.05, 0.1) is 12.0 Å². The van der Waals surface area contributed by atoms with Crippen molar-refractivity contribution >= 4 is 11.6 Å². The highest BCUT2D eigenvalue weighted by Crippen LogP contribution is 2.44. The number of phenolic OH excluding ortho intramolecular Hbond substituents is 1. The molecule has 0 bridgehead atoms. The van der Waals surface area contributed by atoms with Crippen molar-refractivity contribution in [3.8, 4) is 11.5 Å². The van der Waals surface area contributed by atoms with Gasteiger partial charge in [0, 0.05) is 23.6 Å². The molecule has 0 aromatic heterocycles. The monoisotopic (exact) mass is 328 g/mol. The number of carbonyl (C=O) groups is 1. The van der Waals surface area contributed by atoms with Gasteiger partial charge in [0.1, 0.15) is 5.75 Å². The van der Waals surface area contributed by atoms with E-state index in [-0.39, 0.29) is 23.4 Å². The van der Waals surface area contributed by atoms with Crippen molar-refractivity contribution in [1.29, 1.82) is 0 Å². The van der Waals surface area contributed by atoms with E-state index in [9.17, 15) is 20.0 Å². The zero-order valence-electron chi connectivity index (χ0n) is 12.9. The molecule has 1 aliphatic carbocycles. The van der Waals surface area contributed by atoms with Crippen LogP contribution in [0.5, 0.6) is 11.5 Å². The number of benzene rings is 2. The van der Waals surface area contributed by atoms with Crippen molar-refractivity contribution < 1.29 is 19.6 Å². The minimum atomic E-state index is -0.699. The lowest BCUT2D eigenvalue weighted by molar-refractivity contribution is -0.385. The molecule has 2 N–H and O–H groups in total. The first-order valence-corrected chi connectivity index (χ1v) is 7.42. The number of nitro groups is 1. The fourth-order valence-electron chi connectivity index (χ4n) is 2.74. The number of aromatic hydroxyl groups is 1. The number of rotatable bonds is 5. The average molecular weight is 328 g/mol. The molecule has 24 heavy (non-hydrogen) atoms. The molecule has 2 aromatic carbocycles. The summed E-state index contributed by atoms with van der Waals surface area (Å²) in [5.74, 6) is 0.0660. The molecule has 0 saturated heterocycles. The van der Waals surface area contributed by atoms with Gasteiger partial charge in [0.2, 0.25) is 0 Å². The summed E-state index contributed by atoms with van der Waals surface area (Å²) in [4.78, 5) is 22.2. The first-order chi connectivity index (χ1) is 11.5. The summed E-state index contributed by atoms with van der Waals surface area (Å²) in [6.45, 7) is 0.